The lowest BCUT2D eigenvalue weighted by Crippen LogP contribution is -2.42. The minimum atomic E-state index is -3.60. The number of piperidine rings is 1. The highest BCUT2D eigenvalue weighted by molar-refractivity contribution is 7.89. The largest absolute Gasteiger partial charge is 0.497 e. The molecule has 0 radical (unpaired) electrons. The van der Waals surface area contributed by atoms with Crippen LogP contribution in [-0.2, 0) is 27.8 Å². The van der Waals surface area contributed by atoms with Crippen molar-refractivity contribution < 1.29 is 27.4 Å². The molecule has 2 aliphatic rings. The topological polar surface area (TPSA) is 94.2 Å². The lowest BCUT2D eigenvalue weighted by molar-refractivity contribution is -0.126. The molecule has 0 bridgehead atoms. The first-order valence-corrected chi connectivity index (χ1v) is 13.1. The maximum Gasteiger partial charge on any atom is 0.243 e. The van der Waals surface area contributed by atoms with Gasteiger partial charge in [0.2, 0.25) is 15.9 Å². The van der Waals surface area contributed by atoms with Gasteiger partial charge in [-0.05, 0) is 63.1 Å². The smallest absolute Gasteiger partial charge is 0.243 e. The summed E-state index contributed by atoms with van der Waals surface area (Å²) in [7, 11) is -2.06. The summed E-state index contributed by atoms with van der Waals surface area (Å²) in [4.78, 5) is 13.1. The Balaban J connectivity index is 1.35. The van der Waals surface area contributed by atoms with E-state index in [2.05, 4.69) is 5.32 Å². The van der Waals surface area contributed by atoms with Gasteiger partial charge in [-0.1, -0.05) is 0 Å². The van der Waals surface area contributed by atoms with E-state index in [1.165, 1.54) is 11.4 Å². The second kappa shape index (κ2) is 10.2. The number of rotatable bonds is 8. The summed E-state index contributed by atoms with van der Waals surface area (Å²) in [5.41, 5.74) is 2.00. The van der Waals surface area contributed by atoms with E-state index < -0.39 is 10.0 Å². The molecular weight excluding hydrogens is 456 g/mol. The number of methoxy groups -OCH3 is 1. The number of nitrogens with one attached hydrogen (secondary N) is 1. The van der Waals surface area contributed by atoms with Crippen molar-refractivity contribution in [2.24, 2.45) is 5.92 Å². The van der Waals surface area contributed by atoms with E-state index in [-0.39, 0.29) is 22.8 Å². The van der Waals surface area contributed by atoms with Gasteiger partial charge in [0, 0.05) is 43.1 Å². The number of nitrogens with zero attached hydrogens (tertiary/aromatic N) is 1. The molecule has 0 aromatic heterocycles. The van der Waals surface area contributed by atoms with Crippen molar-refractivity contribution in [2.75, 3.05) is 26.8 Å². The molecule has 1 fully saturated rings. The van der Waals surface area contributed by atoms with Crippen molar-refractivity contribution in [1.82, 2.24) is 9.62 Å². The van der Waals surface area contributed by atoms with Crippen LogP contribution < -0.4 is 19.5 Å². The van der Waals surface area contributed by atoms with Crippen LogP contribution in [0.3, 0.4) is 0 Å². The number of benzene rings is 2. The first-order valence-electron chi connectivity index (χ1n) is 11.7. The molecule has 8 nitrogen and oxygen atoms in total. The number of hydrogen-bond donors (Lipinski definition) is 1. The second-order valence-electron chi connectivity index (χ2n) is 8.70. The van der Waals surface area contributed by atoms with E-state index in [9.17, 15) is 13.2 Å². The highest BCUT2D eigenvalue weighted by Crippen LogP contribution is 2.35. The first kappa shape index (κ1) is 24.3. The normalized spacial score (nSPS) is 18.7. The fraction of sp³-hybridized carbons (Fsp3) is 0.480. The molecule has 0 saturated carbocycles. The zero-order valence-electron chi connectivity index (χ0n) is 19.9. The molecule has 2 heterocycles. The average molecular weight is 489 g/mol. The minimum absolute atomic E-state index is 0.0706. The zero-order valence-corrected chi connectivity index (χ0v) is 20.7. The summed E-state index contributed by atoms with van der Waals surface area (Å²) in [6, 6.07) is 10.3. The summed E-state index contributed by atoms with van der Waals surface area (Å²) in [6.07, 6.45) is 1.93. The Morgan fingerprint density at radius 2 is 1.88 bits per heavy atom. The molecule has 0 spiro atoms. The maximum absolute atomic E-state index is 12.9. The molecule has 1 atom stereocenters. The Labute approximate surface area is 201 Å². The van der Waals surface area contributed by atoms with E-state index >= 15 is 0 Å². The Kier molecular flexibility index (Phi) is 7.33. The molecule has 34 heavy (non-hydrogen) atoms. The van der Waals surface area contributed by atoms with Crippen LogP contribution in [0.15, 0.2) is 41.3 Å². The van der Waals surface area contributed by atoms with Gasteiger partial charge in [-0.3, -0.25) is 4.79 Å². The van der Waals surface area contributed by atoms with Crippen LogP contribution in [0, 0.1) is 5.92 Å². The number of ether oxygens (including phenoxy) is 3. The fourth-order valence-electron chi connectivity index (χ4n) is 4.49. The van der Waals surface area contributed by atoms with Crippen LogP contribution in [0.5, 0.6) is 17.2 Å². The Bertz CT molecular complexity index is 1120. The molecule has 4 rings (SSSR count). The van der Waals surface area contributed by atoms with E-state index in [0.29, 0.717) is 44.8 Å². The molecule has 2 aromatic carbocycles. The highest BCUT2D eigenvalue weighted by atomic mass is 32.2. The third-order valence-electron chi connectivity index (χ3n) is 6.35. The SMILES string of the molecule is CCOc1cc2c(cc1CNC(=O)C1CCN(S(=O)(=O)c3ccc(OC)cc3)CC1)O[C@@H](C)C2. The predicted octanol–water partition coefficient (Wildman–Crippen LogP) is 3.13. The van der Waals surface area contributed by atoms with Crippen molar-refractivity contribution in [3.8, 4) is 17.2 Å². The third kappa shape index (κ3) is 5.15. The standard InChI is InChI=1S/C25H32N2O6S/c1-4-32-23-14-19-13-17(2)33-24(19)15-20(23)16-26-25(28)18-9-11-27(12-10-18)34(29,30)22-7-5-21(31-3)6-8-22/h5-8,14-15,17-18H,4,9-13,16H2,1-3H3,(H,26,28)/t17-/m0/s1. The molecule has 1 saturated heterocycles. The van der Waals surface area contributed by atoms with E-state index in [0.717, 1.165) is 29.0 Å². The van der Waals surface area contributed by atoms with Crippen molar-refractivity contribution in [1.29, 1.82) is 0 Å². The molecule has 1 N–H and O–H groups in total. The summed E-state index contributed by atoms with van der Waals surface area (Å²) < 4.78 is 44.1. The lowest BCUT2D eigenvalue weighted by atomic mass is 9.97. The quantitative estimate of drug-likeness (QED) is 0.614. The van der Waals surface area contributed by atoms with Crippen molar-refractivity contribution in [3.63, 3.8) is 0 Å². The molecule has 0 unspecified atom stereocenters. The third-order valence-corrected chi connectivity index (χ3v) is 8.27. The number of hydrogen-bond acceptors (Lipinski definition) is 6. The van der Waals surface area contributed by atoms with Crippen LogP contribution in [-0.4, -0.2) is 51.5 Å². The molecular formula is C25H32N2O6S. The Hall–Kier alpha value is -2.78. The number of carbonyl (C=O) groups is 1. The van der Waals surface area contributed by atoms with Gasteiger partial charge in [0.15, 0.2) is 0 Å². The fourth-order valence-corrected chi connectivity index (χ4v) is 5.96. The molecule has 1 amide bonds. The van der Waals surface area contributed by atoms with Crippen LogP contribution in [0.2, 0.25) is 0 Å². The predicted molar refractivity (Wildman–Crippen MR) is 128 cm³/mol. The van der Waals surface area contributed by atoms with Gasteiger partial charge in [-0.25, -0.2) is 8.42 Å². The summed E-state index contributed by atoms with van der Waals surface area (Å²) >= 11 is 0. The number of fused-ring (bicyclic) bond motifs is 1. The van der Waals surface area contributed by atoms with Crippen LogP contribution in [0.4, 0.5) is 0 Å². The average Bonchev–Trinajstić information content (AvgIpc) is 3.21. The van der Waals surface area contributed by atoms with E-state index in [1.807, 2.05) is 26.0 Å². The summed E-state index contributed by atoms with van der Waals surface area (Å²) in [6.45, 7) is 5.45. The highest BCUT2D eigenvalue weighted by Gasteiger charge is 2.32. The Morgan fingerprint density at radius 1 is 1.18 bits per heavy atom. The monoisotopic (exact) mass is 488 g/mol. The number of carbonyl (C=O) groups excluding carboxylic acids is 1. The van der Waals surface area contributed by atoms with E-state index in [1.54, 1.807) is 24.3 Å². The van der Waals surface area contributed by atoms with Gasteiger partial charge < -0.3 is 19.5 Å². The van der Waals surface area contributed by atoms with Gasteiger partial charge in [0.1, 0.15) is 23.4 Å². The summed E-state index contributed by atoms with van der Waals surface area (Å²) in [5, 5.41) is 3.01. The van der Waals surface area contributed by atoms with Crippen LogP contribution >= 0.6 is 0 Å². The molecule has 184 valence electrons. The lowest BCUT2D eigenvalue weighted by Gasteiger charge is -2.30. The second-order valence-corrected chi connectivity index (χ2v) is 10.6. The van der Waals surface area contributed by atoms with Crippen molar-refractivity contribution in [2.45, 2.75) is 50.7 Å². The molecule has 2 aliphatic heterocycles. The van der Waals surface area contributed by atoms with Crippen molar-refractivity contribution >= 4 is 15.9 Å². The zero-order chi connectivity index (χ0) is 24.3. The van der Waals surface area contributed by atoms with Crippen molar-refractivity contribution in [3.05, 3.63) is 47.5 Å². The Morgan fingerprint density at radius 3 is 2.53 bits per heavy atom. The first-order chi connectivity index (χ1) is 16.3. The number of sulfonamides is 1. The molecule has 2 aromatic rings. The van der Waals surface area contributed by atoms with Gasteiger partial charge in [-0.2, -0.15) is 4.31 Å². The maximum atomic E-state index is 12.9. The minimum Gasteiger partial charge on any atom is -0.497 e. The van der Waals surface area contributed by atoms with Crippen LogP contribution in [0.25, 0.3) is 0 Å². The van der Waals surface area contributed by atoms with Gasteiger partial charge in [0.05, 0.1) is 18.6 Å². The molecule has 9 heteroatoms. The summed E-state index contributed by atoms with van der Waals surface area (Å²) in [5.74, 6) is 1.91. The van der Waals surface area contributed by atoms with Gasteiger partial charge >= 0.3 is 0 Å². The van der Waals surface area contributed by atoms with Crippen LogP contribution in [0.1, 0.15) is 37.8 Å². The van der Waals surface area contributed by atoms with Gasteiger partial charge in [-0.15, -0.1) is 0 Å². The molecule has 0 aliphatic carbocycles. The van der Waals surface area contributed by atoms with Gasteiger partial charge in [0.25, 0.3) is 0 Å². The number of amides is 1. The van der Waals surface area contributed by atoms with E-state index in [4.69, 9.17) is 14.2 Å².